The van der Waals surface area contributed by atoms with E-state index in [1.165, 1.54) is 24.0 Å². The van der Waals surface area contributed by atoms with Crippen LogP contribution in [0.4, 0.5) is 0 Å². The molecule has 1 aliphatic heterocycles. The van der Waals surface area contributed by atoms with E-state index in [9.17, 15) is 9.59 Å². The SMILES string of the molecule is CN1CCO[C@H](CNC(=O)CCC(=O)c2ccc3c(c2)CCCC3)C1. The number of morpholine rings is 1. The van der Waals surface area contributed by atoms with Crippen molar-refractivity contribution in [2.24, 2.45) is 0 Å². The summed E-state index contributed by atoms with van der Waals surface area (Å²) >= 11 is 0. The molecule has 136 valence electrons. The standard InChI is InChI=1S/C20H28N2O3/c1-22-10-11-25-18(14-22)13-21-20(24)9-8-19(23)17-7-6-15-4-2-3-5-16(15)12-17/h6-7,12,18H,2-5,8-11,13-14H2,1H3,(H,21,24)/t18-/m1/s1. The average molecular weight is 344 g/mol. The van der Waals surface area contributed by atoms with Crippen LogP contribution in [-0.2, 0) is 22.4 Å². The highest BCUT2D eigenvalue weighted by Crippen LogP contribution is 2.22. The van der Waals surface area contributed by atoms with Gasteiger partial charge >= 0.3 is 0 Å². The van der Waals surface area contributed by atoms with Crippen molar-refractivity contribution in [3.8, 4) is 0 Å². The third kappa shape index (κ3) is 5.13. The van der Waals surface area contributed by atoms with Gasteiger partial charge in [0.15, 0.2) is 5.78 Å². The second-order valence-electron chi connectivity index (χ2n) is 7.17. The second-order valence-corrected chi connectivity index (χ2v) is 7.17. The number of Topliss-reactive ketones (excluding diaryl/α,β-unsaturated/α-hetero) is 1. The lowest BCUT2D eigenvalue weighted by Gasteiger charge is -2.30. The Bertz CT molecular complexity index is 629. The maximum atomic E-state index is 12.4. The van der Waals surface area contributed by atoms with Crippen LogP contribution < -0.4 is 5.32 Å². The highest BCUT2D eigenvalue weighted by atomic mass is 16.5. The minimum atomic E-state index is -0.0804. The number of nitrogens with one attached hydrogen (secondary N) is 1. The fourth-order valence-electron chi connectivity index (χ4n) is 3.58. The number of nitrogens with zero attached hydrogens (tertiary/aromatic N) is 1. The molecule has 3 rings (SSSR count). The molecule has 0 bridgehead atoms. The molecule has 1 saturated heterocycles. The van der Waals surface area contributed by atoms with E-state index >= 15 is 0 Å². The van der Waals surface area contributed by atoms with Crippen LogP contribution in [0.2, 0.25) is 0 Å². The van der Waals surface area contributed by atoms with Gasteiger partial charge in [0.2, 0.25) is 5.91 Å². The highest BCUT2D eigenvalue weighted by molar-refractivity contribution is 5.98. The Labute approximate surface area is 149 Å². The number of rotatable bonds is 6. The van der Waals surface area contributed by atoms with E-state index < -0.39 is 0 Å². The summed E-state index contributed by atoms with van der Waals surface area (Å²) in [5, 5.41) is 2.89. The van der Waals surface area contributed by atoms with Crippen LogP contribution in [-0.4, -0.2) is 56.0 Å². The zero-order chi connectivity index (χ0) is 17.6. The molecule has 0 radical (unpaired) electrons. The van der Waals surface area contributed by atoms with Crippen LogP contribution in [0.15, 0.2) is 18.2 Å². The number of hydrogen-bond acceptors (Lipinski definition) is 4. The van der Waals surface area contributed by atoms with Gasteiger partial charge in [-0.15, -0.1) is 0 Å². The molecule has 1 aromatic carbocycles. The molecule has 1 heterocycles. The van der Waals surface area contributed by atoms with Crippen molar-refractivity contribution < 1.29 is 14.3 Å². The Morgan fingerprint density at radius 2 is 2.00 bits per heavy atom. The van der Waals surface area contributed by atoms with Gasteiger partial charge in [-0.3, -0.25) is 9.59 Å². The molecule has 1 amide bonds. The molecule has 0 saturated carbocycles. The maximum absolute atomic E-state index is 12.4. The zero-order valence-corrected chi connectivity index (χ0v) is 15.1. The Morgan fingerprint density at radius 3 is 2.80 bits per heavy atom. The molecule has 1 atom stereocenters. The first kappa shape index (κ1) is 18.1. The molecule has 25 heavy (non-hydrogen) atoms. The predicted molar refractivity (Wildman–Crippen MR) is 96.9 cm³/mol. The van der Waals surface area contributed by atoms with E-state index in [1.807, 2.05) is 12.1 Å². The normalized spacial score (nSPS) is 20.8. The number of fused-ring (bicyclic) bond motifs is 1. The monoisotopic (exact) mass is 344 g/mol. The van der Waals surface area contributed by atoms with Gasteiger partial charge in [-0.2, -0.15) is 0 Å². The number of aryl methyl sites for hydroxylation is 2. The molecule has 5 nitrogen and oxygen atoms in total. The zero-order valence-electron chi connectivity index (χ0n) is 15.1. The Kier molecular flexibility index (Phi) is 6.21. The Hall–Kier alpha value is -1.72. The summed E-state index contributed by atoms with van der Waals surface area (Å²) < 4.78 is 5.62. The van der Waals surface area contributed by atoms with Crippen LogP contribution in [0.5, 0.6) is 0 Å². The lowest BCUT2D eigenvalue weighted by molar-refractivity contribution is -0.122. The Balaban J connectivity index is 1.43. The van der Waals surface area contributed by atoms with Gasteiger partial charge in [-0.25, -0.2) is 0 Å². The van der Waals surface area contributed by atoms with Crippen LogP contribution in [0.3, 0.4) is 0 Å². The van der Waals surface area contributed by atoms with E-state index in [4.69, 9.17) is 4.74 Å². The van der Waals surface area contributed by atoms with Gasteiger partial charge in [-0.05, 0) is 49.9 Å². The largest absolute Gasteiger partial charge is 0.374 e. The fraction of sp³-hybridized carbons (Fsp3) is 0.600. The van der Waals surface area contributed by atoms with Gasteiger partial charge in [0, 0.05) is 38.0 Å². The number of benzene rings is 1. The van der Waals surface area contributed by atoms with Gasteiger partial charge < -0.3 is 15.0 Å². The molecular formula is C20H28N2O3. The first-order valence-corrected chi connectivity index (χ1v) is 9.33. The Morgan fingerprint density at radius 1 is 1.20 bits per heavy atom. The van der Waals surface area contributed by atoms with Crippen molar-refractivity contribution in [3.05, 3.63) is 34.9 Å². The van der Waals surface area contributed by atoms with Crippen molar-refractivity contribution in [1.82, 2.24) is 10.2 Å². The quantitative estimate of drug-likeness (QED) is 0.802. The number of hydrogen-bond donors (Lipinski definition) is 1. The minimum absolute atomic E-state index is 0.0408. The highest BCUT2D eigenvalue weighted by Gasteiger charge is 2.19. The molecule has 0 spiro atoms. The third-order valence-corrected chi connectivity index (χ3v) is 5.12. The average Bonchev–Trinajstić information content (AvgIpc) is 2.64. The van der Waals surface area contributed by atoms with E-state index in [-0.39, 0.29) is 30.6 Å². The molecule has 5 heteroatoms. The van der Waals surface area contributed by atoms with Crippen molar-refractivity contribution in [2.75, 3.05) is 33.3 Å². The topological polar surface area (TPSA) is 58.6 Å². The van der Waals surface area contributed by atoms with Gasteiger partial charge in [-0.1, -0.05) is 12.1 Å². The molecule has 2 aliphatic rings. The van der Waals surface area contributed by atoms with Crippen LogP contribution in [0.25, 0.3) is 0 Å². The van der Waals surface area contributed by atoms with Crippen LogP contribution in [0.1, 0.15) is 47.2 Å². The molecule has 0 unspecified atom stereocenters. The summed E-state index contributed by atoms with van der Waals surface area (Å²) in [5.41, 5.74) is 3.42. The summed E-state index contributed by atoms with van der Waals surface area (Å²) in [4.78, 5) is 26.6. The first-order chi connectivity index (χ1) is 12.1. The lowest BCUT2D eigenvalue weighted by Crippen LogP contribution is -2.45. The van der Waals surface area contributed by atoms with Gasteiger partial charge in [0.1, 0.15) is 0 Å². The molecule has 1 aliphatic carbocycles. The number of likely N-dealkylation sites (N-methyl/N-ethyl adjacent to an activating group) is 1. The van der Waals surface area contributed by atoms with Crippen molar-refractivity contribution in [3.63, 3.8) is 0 Å². The van der Waals surface area contributed by atoms with E-state index in [1.54, 1.807) is 0 Å². The summed E-state index contributed by atoms with van der Waals surface area (Å²) in [5.74, 6) is -0.0275. The van der Waals surface area contributed by atoms with Crippen molar-refractivity contribution in [1.29, 1.82) is 0 Å². The molecular weight excluding hydrogens is 316 g/mol. The molecule has 1 aromatic rings. The molecule has 0 aromatic heterocycles. The number of carbonyl (C=O) groups excluding carboxylic acids is 2. The lowest BCUT2D eigenvalue weighted by atomic mass is 9.89. The van der Waals surface area contributed by atoms with Crippen LogP contribution in [0, 0.1) is 0 Å². The summed E-state index contributed by atoms with van der Waals surface area (Å²) in [7, 11) is 2.05. The maximum Gasteiger partial charge on any atom is 0.220 e. The fourth-order valence-corrected chi connectivity index (χ4v) is 3.58. The molecule has 1 N–H and O–H groups in total. The minimum Gasteiger partial charge on any atom is -0.374 e. The van der Waals surface area contributed by atoms with E-state index in [0.29, 0.717) is 13.2 Å². The summed E-state index contributed by atoms with van der Waals surface area (Å²) in [6.45, 7) is 2.97. The van der Waals surface area contributed by atoms with Gasteiger partial charge in [0.25, 0.3) is 0 Å². The predicted octanol–water partition coefficient (Wildman–Crippen LogP) is 1.98. The number of ketones is 1. The first-order valence-electron chi connectivity index (χ1n) is 9.33. The second kappa shape index (κ2) is 8.59. The number of amides is 1. The van der Waals surface area contributed by atoms with E-state index in [2.05, 4.69) is 23.3 Å². The van der Waals surface area contributed by atoms with Gasteiger partial charge in [0.05, 0.1) is 12.7 Å². The third-order valence-electron chi connectivity index (χ3n) is 5.12. The van der Waals surface area contributed by atoms with Crippen LogP contribution >= 0.6 is 0 Å². The number of ether oxygens (including phenoxy) is 1. The summed E-state index contributed by atoms with van der Waals surface area (Å²) in [6, 6.07) is 6.02. The van der Waals surface area contributed by atoms with Crippen molar-refractivity contribution >= 4 is 11.7 Å². The van der Waals surface area contributed by atoms with E-state index in [0.717, 1.165) is 31.5 Å². The smallest absolute Gasteiger partial charge is 0.220 e. The van der Waals surface area contributed by atoms with Crippen molar-refractivity contribution in [2.45, 2.75) is 44.6 Å². The molecule has 1 fully saturated rings. The summed E-state index contributed by atoms with van der Waals surface area (Å²) in [6.07, 6.45) is 5.15. The number of carbonyl (C=O) groups is 2.